The van der Waals surface area contributed by atoms with Gasteiger partial charge in [-0.1, -0.05) is 42.3 Å². The number of likely N-dealkylation sites (N-methyl/N-ethyl adjacent to an activating group) is 1. The maximum atomic E-state index is 14.3. The first-order valence-corrected chi connectivity index (χ1v) is 19.6. The lowest BCUT2D eigenvalue weighted by Gasteiger charge is -2.38. The number of hydrogen-bond acceptors (Lipinski definition) is 7. The van der Waals surface area contributed by atoms with Crippen LogP contribution in [0.1, 0.15) is 66.7 Å². The lowest BCUT2D eigenvalue weighted by molar-refractivity contribution is -0.144. The van der Waals surface area contributed by atoms with E-state index in [1.54, 1.807) is 26.1 Å². The predicted octanol–water partition coefficient (Wildman–Crippen LogP) is 3.49. The first-order chi connectivity index (χ1) is 27.1. The van der Waals surface area contributed by atoms with Crippen molar-refractivity contribution in [2.75, 3.05) is 20.1 Å². The van der Waals surface area contributed by atoms with Crippen molar-refractivity contribution >= 4 is 48.5 Å². The summed E-state index contributed by atoms with van der Waals surface area (Å²) in [5, 5.41) is 8.67. The van der Waals surface area contributed by atoms with E-state index in [2.05, 4.69) is 26.9 Å². The number of carbonyl (C=O) groups is 5. The molecule has 7 N–H and O–H groups in total. The number of nitrogens with one attached hydrogen (secondary N) is 4. The Labute approximate surface area is 329 Å². The lowest BCUT2D eigenvalue weighted by atomic mass is 9.97. The summed E-state index contributed by atoms with van der Waals surface area (Å²) in [4.78, 5) is 83.1. The Balaban J connectivity index is 1.36. The Kier molecular flexibility index (Phi) is 13.7. The Hall–Kier alpha value is -5.75. The van der Waals surface area contributed by atoms with Gasteiger partial charge in [0.1, 0.15) is 23.8 Å². The number of nitrogens with zero attached hydrogens (tertiary/aromatic N) is 2. The standard InChI is InChI=1S/C40H44F2N7O7P/c1-4-6-10-24(5-2)35(25-11-8-7-9-12-25)47-36(51)30(16-18-34(43)50)45-38(53)33-17-14-28-19-20-48(3)23-32(39(54)49(28)33)46-37(52)31-22-26-21-27(13-15-29(26)44-31)40(41,42)57(55)56/h1,5-13,15,21-22,28,30,32-33,35H,14,16-20,23H2,2-3H3,(H6-,43,44,45,46,47,50,51,52,53,55,56)/p+1/b10-6-,24-5+/t28-,30+,32+,33+,35?/m1/s1. The van der Waals surface area contributed by atoms with Crippen molar-refractivity contribution in [2.45, 2.75) is 74.9 Å². The molecule has 14 nitrogen and oxygen atoms in total. The maximum Gasteiger partial charge on any atom is 0.589 e. The number of carbonyl (C=O) groups excluding carboxylic acids is 5. The minimum atomic E-state index is -4.00. The molecule has 2 aliphatic heterocycles. The number of hydrogen-bond donors (Lipinski definition) is 6. The second-order valence-corrected chi connectivity index (χ2v) is 15.2. The van der Waals surface area contributed by atoms with Gasteiger partial charge in [0.05, 0.1) is 11.6 Å². The molecule has 2 aromatic carbocycles. The third-order valence-electron chi connectivity index (χ3n) is 10.2. The van der Waals surface area contributed by atoms with Crippen molar-refractivity contribution in [1.82, 2.24) is 30.7 Å². The molecular weight excluding hydrogens is 759 g/mol. The minimum absolute atomic E-state index is 0.0448. The van der Waals surface area contributed by atoms with Crippen LogP contribution in [0.4, 0.5) is 8.78 Å². The molecule has 6 atom stereocenters. The van der Waals surface area contributed by atoms with E-state index in [1.165, 1.54) is 23.1 Å². The second kappa shape index (κ2) is 18.5. The molecule has 300 valence electrons. The summed E-state index contributed by atoms with van der Waals surface area (Å²) in [6.45, 7) is 2.42. The van der Waals surface area contributed by atoms with Gasteiger partial charge in [-0.15, -0.1) is 15.2 Å². The number of H-pyrrole nitrogens is 1. The van der Waals surface area contributed by atoms with E-state index in [4.69, 9.17) is 17.1 Å². The molecule has 5 amide bonds. The zero-order chi connectivity index (χ0) is 41.4. The van der Waals surface area contributed by atoms with E-state index in [-0.39, 0.29) is 42.9 Å². The van der Waals surface area contributed by atoms with Gasteiger partial charge in [0, 0.05) is 29.9 Å². The number of aromatic nitrogens is 1. The summed E-state index contributed by atoms with van der Waals surface area (Å²) in [7, 11) is -2.05. The van der Waals surface area contributed by atoms with Crippen LogP contribution in [0, 0.1) is 12.3 Å². The smallest absolute Gasteiger partial charge is 0.370 e. The topological polar surface area (TPSA) is 207 Å². The maximum absolute atomic E-state index is 14.3. The Morgan fingerprint density at radius 3 is 2.53 bits per heavy atom. The number of halogens is 2. The molecule has 1 aromatic heterocycles. The number of primary amides is 1. The SMILES string of the molecule is C#C/C=C\C(=C/C)C(NC(=O)[C@H](CCC(N)=O)NC(=O)[C@@H]1CC[C@@H]2CCN(C)C[C@H](NC(=O)c3cc4cc(C(F)(F)[P+](=O)O)ccc4[nH]3)C(=O)N21)c1ccccc1. The molecule has 0 spiro atoms. The van der Waals surface area contributed by atoms with E-state index in [0.717, 1.165) is 17.7 Å². The van der Waals surface area contributed by atoms with E-state index in [1.807, 2.05) is 35.2 Å². The summed E-state index contributed by atoms with van der Waals surface area (Å²) >= 11 is 0. The normalized spacial score (nSPS) is 20.5. The largest absolute Gasteiger partial charge is 0.589 e. The van der Waals surface area contributed by atoms with Crippen molar-refractivity contribution in [3.05, 3.63) is 95.2 Å². The van der Waals surface area contributed by atoms with Crippen LogP contribution >= 0.6 is 8.03 Å². The number of alkyl halides is 2. The molecule has 0 saturated carbocycles. The summed E-state index contributed by atoms with van der Waals surface area (Å²) in [5.41, 5.74) is 2.43. The molecule has 17 heteroatoms. The number of benzene rings is 2. The fourth-order valence-corrected chi connectivity index (χ4v) is 7.62. The highest BCUT2D eigenvalue weighted by Gasteiger charge is 2.53. The van der Waals surface area contributed by atoms with Crippen molar-refractivity contribution in [3.63, 3.8) is 0 Å². The third kappa shape index (κ3) is 9.98. The number of terminal acetylenes is 1. The number of fused-ring (bicyclic) bond motifs is 2. The van der Waals surface area contributed by atoms with Crippen molar-refractivity contribution in [3.8, 4) is 12.3 Å². The summed E-state index contributed by atoms with van der Waals surface area (Å²) < 4.78 is 39.8. The summed E-state index contributed by atoms with van der Waals surface area (Å²) in [6, 6.07) is 9.29. The van der Waals surface area contributed by atoms with Gasteiger partial charge < -0.3 is 36.5 Å². The predicted molar refractivity (Wildman–Crippen MR) is 208 cm³/mol. The highest BCUT2D eigenvalue weighted by molar-refractivity contribution is 7.39. The molecule has 5 rings (SSSR count). The van der Waals surface area contributed by atoms with E-state index in [9.17, 15) is 37.3 Å². The van der Waals surface area contributed by atoms with Crippen LogP contribution in [0.25, 0.3) is 10.9 Å². The highest BCUT2D eigenvalue weighted by atomic mass is 31.1. The van der Waals surface area contributed by atoms with Crippen molar-refractivity contribution < 1.29 is 42.2 Å². The van der Waals surface area contributed by atoms with E-state index in [0.29, 0.717) is 30.5 Å². The minimum Gasteiger partial charge on any atom is -0.370 e. The zero-order valence-electron chi connectivity index (χ0n) is 31.4. The van der Waals surface area contributed by atoms with Crippen LogP contribution < -0.4 is 21.7 Å². The molecule has 2 fully saturated rings. The zero-order valence-corrected chi connectivity index (χ0v) is 32.3. The lowest BCUT2D eigenvalue weighted by Crippen LogP contribution is -2.61. The number of allylic oxidation sites excluding steroid dienone is 2. The Morgan fingerprint density at radius 1 is 1.12 bits per heavy atom. The quantitative estimate of drug-likeness (QED) is 0.0806. The molecule has 2 saturated heterocycles. The van der Waals surface area contributed by atoms with Gasteiger partial charge in [-0.2, -0.15) is 4.89 Å². The average molecular weight is 805 g/mol. The first kappa shape index (κ1) is 42.4. The molecule has 0 radical (unpaired) electrons. The monoisotopic (exact) mass is 804 g/mol. The molecule has 2 unspecified atom stereocenters. The van der Waals surface area contributed by atoms with Crippen molar-refractivity contribution in [2.24, 2.45) is 5.73 Å². The number of aromatic amines is 1. The molecule has 3 aromatic rings. The second-order valence-electron chi connectivity index (χ2n) is 14.1. The van der Waals surface area contributed by atoms with Crippen LogP contribution in [0.2, 0.25) is 0 Å². The molecule has 3 heterocycles. The molecule has 57 heavy (non-hydrogen) atoms. The van der Waals surface area contributed by atoms with Gasteiger partial charge >= 0.3 is 13.7 Å². The van der Waals surface area contributed by atoms with Gasteiger partial charge in [0.2, 0.25) is 23.6 Å². The van der Waals surface area contributed by atoms with Crippen LogP contribution in [-0.4, -0.2) is 93.5 Å². The highest BCUT2D eigenvalue weighted by Crippen LogP contribution is 2.47. The van der Waals surface area contributed by atoms with Crippen LogP contribution in [0.3, 0.4) is 0 Å². The fourth-order valence-electron chi connectivity index (χ4n) is 7.26. The first-order valence-electron chi connectivity index (χ1n) is 18.4. The Morgan fingerprint density at radius 2 is 1.86 bits per heavy atom. The summed E-state index contributed by atoms with van der Waals surface area (Å²) in [6.07, 6.45) is 11.4. The average Bonchev–Trinajstić information content (AvgIpc) is 3.82. The van der Waals surface area contributed by atoms with E-state index < -0.39 is 73.0 Å². The van der Waals surface area contributed by atoms with Crippen LogP contribution in [-0.2, 0) is 29.4 Å². The van der Waals surface area contributed by atoms with Gasteiger partial charge in [-0.3, -0.25) is 24.0 Å². The van der Waals surface area contributed by atoms with Gasteiger partial charge in [-0.25, -0.2) is 0 Å². The van der Waals surface area contributed by atoms with Gasteiger partial charge in [0.15, 0.2) is 0 Å². The summed E-state index contributed by atoms with van der Waals surface area (Å²) in [5.74, 6) is -0.684. The molecule has 0 aliphatic carbocycles. The van der Waals surface area contributed by atoms with Crippen molar-refractivity contribution in [1.29, 1.82) is 0 Å². The van der Waals surface area contributed by atoms with Gasteiger partial charge in [-0.05, 0) is 98.3 Å². The number of rotatable bonds is 14. The third-order valence-corrected chi connectivity index (χ3v) is 11.0. The number of amides is 5. The van der Waals surface area contributed by atoms with Crippen LogP contribution in [0.5, 0.6) is 0 Å². The van der Waals surface area contributed by atoms with Gasteiger partial charge in [0.25, 0.3) is 5.91 Å². The molecule has 0 bridgehead atoms. The fraction of sp³-hybridized carbons (Fsp3) is 0.375. The molecule has 2 aliphatic rings. The molecular formula is C40H45F2N7O7P+. The van der Waals surface area contributed by atoms with E-state index >= 15 is 0 Å². The Bertz CT molecular complexity index is 2130. The number of nitrogens with two attached hydrogens (primary N) is 1. The van der Waals surface area contributed by atoms with Crippen LogP contribution in [0.15, 0.2) is 78.4 Å².